The molecule has 2 atom stereocenters. The van der Waals surface area contributed by atoms with E-state index < -0.39 is 6.04 Å². The Balaban J connectivity index is 1.96. The first kappa shape index (κ1) is 16.2. The lowest BCUT2D eigenvalue weighted by Crippen LogP contribution is -2.55. The van der Waals surface area contributed by atoms with E-state index in [0.29, 0.717) is 32.8 Å². The molecule has 2 aliphatic rings. The van der Waals surface area contributed by atoms with Gasteiger partial charge in [0.1, 0.15) is 6.04 Å². The number of nitrogens with one attached hydrogen (secondary N) is 2. The van der Waals surface area contributed by atoms with Gasteiger partial charge in [0.15, 0.2) is 0 Å². The predicted octanol–water partition coefficient (Wildman–Crippen LogP) is -0.0144. The van der Waals surface area contributed by atoms with E-state index in [-0.39, 0.29) is 23.1 Å². The molecule has 2 aliphatic heterocycles. The average Bonchev–Trinajstić information content (AvgIpc) is 2.98. The molecule has 0 aromatic heterocycles. The summed E-state index contributed by atoms with van der Waals surface area (Å²) in [5.41, 5.74) is -0.389. The lowest BCUT2D eigenvalue weighted by molar-refractivity contribution is -0.142. The smallest absolute Gasteiger partial charge is 0.245 e. The number of carbonyl (C=O) groups excluding carboxylic acids is 2. The first-order valence-corrected chi connectivity index (χ1v) is 7.85. The lowest BCUT2D eigenvalue weighted by Gasteiger charge is -2.34. The fourth-order valence-electron chi connectivity index (χ4n) is 3.12. The summed E-state index contributed by atoms with van der Waals surface area (Å²) < 4.78 is 5.25. The maximum absolute atomic E-state index is 12.7. The van der Waals surface area contributed by atoms with Crippen molar-refractivity contribution in [3.63, 3.8) is 0 Å². The van der Waals surface area contributed by atoms with Crippen LogP contribution in [0.2, 0.25) is 0 Å². The Kier molecular flexibility index (Phi) is 5.22. The van der Waals surface area contributed by atoms with Gasteiger partial charge in [-0.3, -0.25) is 9.59 Å². The van der Waals surface area contributed by atoms with Gasteiger partial charge in [0, 0.05) is 19.6 Å². The monoisotopic (exact) mass is 297 g/mol. The first-order chi connectivity index (χ1) is 9.97. The van der Waals surface area contributed by atoms with Crippen LogP contribution in [-0.2, 0) is 14.3 Å². The van der Waals surface area contributed by atoms with Crippen LogP contribution >= 0.6 is 0 Å². The van der Waals surface area contributed by atoms with E-state index in [1.54, 1.807) is 11.8 Å². The number of morpholine rings is 1. The molecule has 6 nitrogen and oxygen atoms in total. The predicted molar refractivity (Wildman–Crippen MR) is 79.8 cm³/mol. The van der Waals surface area contributed by atoms with Crippen molar-refractivity contribution in [1.82, 2.24) is 15.5 Å². The molecule has 120 valence electrons. The van der Waals surface area contributed by atoms with Gasteiger partial charge in [-0.1, -0.05) is 13.8 Å². The first-order valence-electron chi connectivity index (χ1n) is 7.85. The zero-order valence-corrected chi connectivity index (χ0v) is 13.3. The highest BCUT2D eigenvalue weighted by atomic mass is 16.5. The summed E-state index contributed by atoms with van der Waals surface area (Å²) in [5, 5.41) is 6.20. The Hall–Kier alpha value is -1.14. The molecule has 2 N–H and O–H groups in total. The minimum atomic E-state index is -0.480. The third-order valence-electron chi connectivity index (χ3n) is 4.79. The summed E-state index contributed by atoms with van der Waals surface area (Å²) in [4.78, 5) is 26.8. The quantitative estimate of drug-likeness (QED) is 0.765. The zero-order valence-electron chi connectivity index (χ0n) is 13.3. The fraction of sp³-hybridized carbons (Fsp3) is 0.867. The maximum Gasteiger partial charge on any atom is 0.245 e. The largest absolute Gasteiger partial charge is 0.378 e. The number of hydrogen-bond acceptors (Lipinski definition) is 4. The van der Waals surface area contributed by atoms with Gasteiger partial charge in [-0.05, 0) is 25.8 Å². The van der Waals surface area contributed by atoms with Crippen molar-refractivity contribution in [3.8, 4) is 0 Å². The molecule has 2 rings (SSSR count). The van der Waals surface area contributed by atoms with Gasteiger partial charge in [0.2, 0.25) is 11.8 Å². The number of nitrogens with zero attached hydrogens (tertiary/aromatic N) is 1. The summed E-state index contributed by atoms with van der Waals surface area (Å²) in [6.45, 7) is 9.82. The topological polar surface area (TPSA) is 70.7 Å². The van der Waals surface area contributed by atoms with Crippen molar-refractivity contribution in [3.05, 3.63) is 0 Å². The second-order valence-corrected chi connectivity index (χ2v) is 6.37. The highest BCUT2D eigenvalue weighted by Gasteiger charge is 2.44. The molecule has 6 heteroatoms. The number of rotatable bonds is 4. The van der Waals surface area contributed by atoms with Crippen LogP contribution in [0.1, 0.15) is 27.2 Å². The Morgan fingerprint density at radius 2 is 1.90 bits per heavy atom. The molecule has 2 saturated heterocycles. The maximum atomic E-state index is 12.7. The Bertz CT molecular complexity index is 386. The van der Waals surface area contributed by atoms with E-state index in [1.807, 2.05) is 0 Å². The zero-order chi connectivity index (χ0) is 15.5. The van der Waals surface area contributed by atoms with Crippen molar-refractivity contribution in [1.29, 1.82) is 0 Å². The molecule has 0 radical (unpaired) electrons. The van der Waals surface area contributed by atoms with Crippen molar-refractivity contribution in [2.24, 2.45) is 11.3 Å². The number of ether oxygens (including phenoxy) is 1. The van der Waals surface area contributed by atoms with E-state index in [4.69, 9.17) is 4.74 Å². The summed E-state index contributed by atoms with van der Waals surface area (Å²) >= 11 is 0. The van der Waals surface area contributed by atoms with E-state index in [0.717, 1.165) is 13.0 Å². The molecule has 0 aromatic rings. The molecule has 0 aromatic carbocycles. The van der Waals surface area contributed by atoms with E-state index in [1.165, 1.54) is 0 Å². The van der Waals surface area contributed by atoms with Crippen LogP contribution in [0.4, 0.5) is 0 Å². The third-order valence-corrected chi connectivity index (χ3v) is 4.79. The molecule has 2 amide bonds. The van der Waals surface area contributed by atoms with Crippen molar-refractivity contribution in [2.75, 3.05) is 39.4 Å². The highest BCUT2D eigenvalue weighted by Crippen LogP contribution is 2.34. The molecule has 21 heavy (non-hydrogen) atoms. The molecule has 0 saturated carbocycles. The van der Waals surface area contributed by atoms with Crippen LogP contribution in [0.3, 0.4) is 0 Å². The highest BCUT2D eigenvalue weighted by molar-refractivity contribution is 5.90. The second kappa shape index (κ2) is 6.75. The Morgan fingerprint density at radius 3 is 2.43 bits per heavy atom. The van der Waals surface area contributed by atoms with E-state index >= 15 is 0 Å². The van der Waals surface area contributed by atoms with Gasteiger partial charge in [0.25, 0.3) is 0 Å². The van der Waals surface area contributed by atoms with Crippen LogP contribution < -0.4 is 10.6 Å². The standard InChI is InChI=1S/C15H27N3O3/c1-11(2)15(4-5-16-10-15)14(20)17-12(3)13(19)18-6-8-21-9-7-18/h11-12,16H,4-10H2,1-3H3,(H,17,20). The van der Waals surface area contributed by atoms with E-state index in [9.17, 15) is 9.59 Å². The summed E-state index contributed by atoms with van der Waals surface area (Å²) in [6.07, 6.45) is 0.828. The summed E-state index contributed by atoms with van der Waals surface area (Å²) in [5.74, 6) is 0.228. The molecular weight excluding hydrogens is 270 g/mol. The molecule has 2 unspecified atom stereocenters. The minimum Gasteiger partial charge on any atom is -0.378 e. The SMILES string of the molecule is CC(NC(=O)C1(C(C)C)CCNC1)C(=O)N1CCOCC1. The number of hydrogen-bond donors (Lipinski definition) is 2. The third kappa shape index (κ3) is 3.37. The van der Waals surface area contributed by atoms with Crippen molar-refractivity contribution >= 4 is 11.8 Å². The molecule has 2 heterocycles. The molecule has 0 bridgehead atoms. The van der Waals surface area contributed by atoms with Crippen LogP contribution in [0.15, 0.2) is 0 Å². The second-order valence-electron chi connectivity index (χ2n) is 6.37. The van der Waals surface area contributed by atoms with Gasteiger partial charge in [-0.15, -0.1) is 0 Å². The molecule has 2 fully saturated rings. The molecule has 0 aliphatic carbocycles. The number of carbonyl (C=O) groups is 2. The minimum absolute atomic E-state index is 0.00314. The summed E-state index contributed by atoms with van der Waals surface area (Å²) in [6, 6.07) is -0.480. The van der Waals surface area contributed by atoms with Crippen LogP contribution in [-0.4, -0.2) is 62.1 Å². The average molecular weight is 297 g/mol. The molecular formula is C15H27N3O3. The van der Waals surface area contributed by atoms with Crippen LogP contribution in [0, 0.1) is 11.3 Å². The van der Waals surface area contributed by atoms with Crippen molar-refractivity contribution in [2.45, 2.75) is 33.2 Å². The van der Waals surface area contributed by atoms with Gasteiger partial charge in [-0.2, -0.15) is 0 Å². The van der Waals surface area contributed by atoms with E-state index in [2.05, 4.69) is 24.5 Å². The van der Waals surface area contributed by atoms with Gasteiger partial charge >= 0.3 is 0 Å². The van der Waals surface area contributed by atoms with Crippen molar-refractivity contribution < 1.29 is 14.3 Å². The lowest BCUT2D eigenvalue weighted by atomic mass is 9.75. The molecule has 0 spiro atoms. The normalized spacial score (nSPS) is 27.7. The van der Waals surface area contributed by atoms with Gasteiger partial charge in [0.05, 0.1) is 18.6 Å². The fourth-order valence-corrected chi connectivity index (χ4v) is 3.12. The van der Waals surface area contributed by atoms with Gasteiger partial charge in [-0.25, -0.2) is 0 Å². The Morgan fingerprint density at radius 1 is 1.24 bits per heavy atom. The Labute approximate surface area is 126 Å². The van der Waals surface area contributed by atoms with Gasteiger partial charge < -0.3 is 20.3 Å². The van der Waals surface area contributed by atoms with Crippen LogP contribution in [0.5, 0.6) is 0 Å². The number of amides is 2. The van der Waals surface area contributed by atoms with Crippen LogP contribution in [0.25, 0.3) is 0 Å². The summed E-state index contributed by atoms with van der Waals surface area (Å²) in [7, 11) is 0.